The van der Waals surface area contributed by atoms with E-state index in [9.17, 15) is 4.79 Å². The predicted molar refractivity (Wildman–Crippen MR) is 81.1 cm³/mol. The molecule has 1 heterocycles. The van der Waals surface area contributed by atoms with Crippen LogP contribution in [0.4, 0.5) is 0 Å². The first-order valence-electron chi connectivity index (χ1n) is 6.77. The molecule has 0 aromatic heterocycles. The van der Waals surface area contributed by atoms with Gasteiger partial charge in [-0.3, -0.25) is 0 Å². The zero-order chi connectivity index (χ0) is 14.9. The monoisotopic (exact) mass is 286 g/mol. The van der Waals surface area contributed by atoms with Crippen LogP contribution in [0.2, 0.25) is 0 Å². The van der Waals surface area contributed by atoms with Crippen molar-refractivity contribution in [2.75, 3.05) is 13.9 Å². The largest absolute Gasteiger partial charge is 0.466 e. The molecule has 0 unspecified atom stereocenters. The summed E-state index contributed by atoms with van der Waals surface area (Å²) in [6, 6.07) is 5.88. The lowest BCUT2D eigenvalue weighted by Gasteiger charge is -1.97. The molecule has 0 amide bonds. The molecule has 0 saturated carbocycles. The van der Waals surface area contributed by atoms with Gasteiger partial charge in [-0.2, -0.15) is 0 Å². The number of carbonyl (C=O) groups excluding carboxylic acids is 1. The van der Waals surface area contributed by atoms with Crippen LogP contribution in [0.25, 0.3) is 6.08 Å². The van der Waals surface area contributed by atoms with Gasteiger partial charge in [0.2, 0.25) is 6.79 Å². The van der Waals surface area contributed by atoms with Gasteiger partial charge in [0, 0.05) is 6.08 Å². The van der Waals surface area contributed by atoms with Crippen molar-refractivity contribution in [2.24, 2.45) is 0 Å². The van der Waals surface area contributed by atoms with Crippen LogP contribution in [-0.2, 0) is 9.53 Å². The number of ether oxygens (including phenoxy) is 3. The number of fused-ring (bicyclic) bond motifs is 1. The first-order valence-corrected chi connectivity index (χ1v) is 6.77. The van der Waals surface area contributed by atoms with Crippen molar-refractivity contribution in [3.8, 4) is 11.5 Å². The number of methoxy groups -OCH3 is 1. The Morgan fingerprint density at radius 2 is 2.00 bits per heavy atom. The minimum atomic E-state index is -0.345. The number of hydrogen-bond acceptors (Lipinski definition) is 4. The second-order valence-electron chi connectivity index (χ2n) is 4.40. The smallest absolute Gasteiger partial charge is 0.330 e. The van der Waals surface area contributed by atoms with E-state index < -0.39 is 0 Å². The summed E-state index contributed by atoms with van der Waals surface area (Å²) in [7, 11) is 1.36. The Bertz CT molecular complexity index is 570. The van der Waals surface area contributed by atoms with Crippen molar-refractivity contribution < 1.29 is 19.0 Å². The number of benzene rings is 1. The van der Waals surface area contributed by atoms with Gasteiger partial charge in [0.05, 0.1) is 7.11 Å². The number of allylic oxidation sites excluding steroid dienone is 4. The highest BCUT2D eigenvalue weighted by atomic mass is 16.7. The number of rotatable bonds is 6. The van der Waals surface area contributed by atoms with Gasteiger partial charge in [-0.25, -0.2) is 4.79 Å². The van der Waals surface area contributed by atoms with Crippen molar-refractivity contribution in [1.82, 2.24) is 0 Å². The van der Waals surface area contributed by atoms with E-state index in [1.807, 2.05) is 30.4 Å². The Hall–Kier alpha value is -2.49. The fourth-order valence-corrected chi connectivity index (χ4v) is 1.81. The van der Waals surface area contributed by atoms with Crippen molar-refractivity contribution in [3.63, 3.8) is 0 Å². The molecular weight excluding hydrogens is 268 g/mol. The van der Waals surface area contributed by atoms with E-state index >= 15 is 0 Å². The third kappa shape index (κ3) is 4.84. The van der Waals surface area contributed by atoms with E-state index in [-0.39, 0.29) is 5.97 Å². The molecular formula is C17H18O4. The van der Waals surface area contributed by atoms with Crippen LogP contribution in [0, 0.1) is 0 Å². The zero-order valence-corrected chi connectivity index (χ0v) is 12.0. The molecule has 2 rings (SSSR count). The average molecular weight is 286 g/mol. The standard InChI is InChI=1S/C17H18O4/c1-19-17(18)9-7-5-3-2-4-6-8-14-10-11-15-16(12-14)21-13-20-15/h3,5-12H,2,4,13H2,1H3. The fourth-order valence-electron chi connectivity index (χ4n) is 1.81. The third-order valence-electron chi connectivity index (χ3n) is 2.89. The van der Waals surface area contributed by atoms with E-state index in [4.69, 9.17) is 9.47 Å². The molecule has 0 spiro atoms. The van der Waals surface area contributed by atoms with E-state index in [1.54, 1.807) is 6.08 Å². The lowest BCUT2D eigenvalue weighted by atomic mass is 10.1. The number of esters is 1. The lowest BCUT2D eigenvalue weighted by Crippen LogP contribution is -1.92. The maximum Gasteiger partial charge on any atom is 0.330 e. The Balaban J connectivity index is 1.72. The second-order valence-corrected chi connectivity index (χ2v) is 4.40. The fraction of sp³-hybridized carbons (Fsp3) is 0.235. The molecule has 0 radical (unpaired) electrons. The van der Waals surface area contributed by atoms with Gasteiger partial charge in [-0.05, 0) is 30.5 Å². The average Bonchev–Trinajstić information content (AvgIpc) is 2.97. The summed E-state index contributed by atoms with van der Waals surface area (Å²) in [5, 5.41) is 0. The first kappa shape index (κ1) is 14.9. The van der Waals surface area contributed by atoms with Crippen molar-refractivity contribution in [2.45, 2.75) is 12.8 Å². The van der Waals surface area contributed by atoms with Crippen LogP contribution in [0.15, 0.2) is 48.6 Å². The molecule has 21 heavy (non-hydrogen) atoms. The summed E-state index contributed by atoms with van der Waals surface area (Å²) in [6.07, 6.45) is 12.9. The SMILES string of the molecule is COC(=O)C=CC=CCCC=Cc1ccc2c(c1)OCO2. The Morgan fingerprint density at radius 1 is 1.19 bits per heavy atom. The van der Waals surface area contributed by atoms with Crippen LogP contribution in [-0.4, -0.2) is 19.9 Å². The maximum atomic E-state index is 10.8. The molecule has 0 N–H and O–H groups in total. The predicted octanol–water partition coefficient (Wildman–Crippen LogP) is 3.49. The van der Waals surface area contributed by atoms with Crippen LogP contribution in [0.1, 0.15) is 18.4 Å². The summed E-state index contributed by atoms with van der Waals surface area (Å²) in [6.45, 7) is 0.298. The molecule has 0 fully saturated rings. The highest BCUT2D eigenvalue weighted by Gasteiger charge is 2.11. The van der Waals surface area contributed by atoms with Gasteiger partial charge in [-0.15, -0.1) is 0 Å². The maximum absolute atomic E-state index is 10.8. The molecule has 0 atom stereocenters. The molecule has 1 aliphatic heterocycles. The minimum Gasteiger partial charge on any atom is -0.466 e. The Kier molecular flexibility index (Phi) is 5.64. The van der Waals surface area contributed by atoms with Crippen LogP contribution in [0.5, 0.6) is 11.5 Å². The van der Waals surface area contributed by atoms with Crippen LogP contribution in [0.3, 0.4) is 0 Å². The first-order chi connectivity index (χ1) is 10.3. The van der Waals surface area contributed by atoms with Gasteiger partial charge in [0.25, 0.3) is 0 Å². The van der Waals surface area contributed by atoms with E-state index in [0.29, 0.717) is 6.79 Å². The lowest BCUT2D eigenvalue weighted by molar-refractivity contribution is -0.134. The minimum absolute atomic E-state index is 0.298. The summed E-state index contributed by atoms with van der Waals surface area (Å²) >= 11 is 0. The number of unbranched alkanes of at least 4 members (excludes halogenated alkanes) is 1. The summed E-state index contributed by atoms with van der Waals surface area (Å²) < 4.78 is 15.1. The number of hydrogen-bond donors (Lipinski definition) is 0. The highest BCUT2D eigenvalue weighted by molar-refractivity contribution is 5.82. The van der Waals surface area contributed by atoms with Crippen molar-refractivity contribution in [1.29, 1.82) is 0 Å². The second kappa shape index (κ2) is 7.94. The number of carbonyl (C=O) groups is 1. The normalized spacial score (nSPS) is 13.6. The zero-order valence-electron chi connectivity index (χ0n) is 12.0. The Morgan fingerprint density at radius 3 is 2.86 bits per heavy atom. The third-order valence-corrected chi connectivity index (χ3v) is 2.89. The van der Waals surface area contributed by atoms with Gasteiger partial charge in [0.15, 0.2) is 11.5 Å². The molecule has 0 bridgehead atoms. The van der Waals surface area contributed by atoms with Gasteiger partial charge < -0.3 is 14.2 Å². The molecule has 4 heteroatoms. The van der Waals surface area contributed by atoms with Crippen LogP contribution >= 0.6 is 0 Å². The molecule has 1 aromatic carbocycles. The topological polar surface area (TPSA) is 44.8 Å². The van der Waals surface area contributed by atoms with Gasteiger partial charge >= 0.3 is 5.97 Å². The summed E-state index contributed by atoms with van der Waals surface area (Å²) in [5.74, 6) is 1.25. The van der Waals surface area contributed by atoms with E-state index in [0.717, 1.165) is 29.9 Å². The summed E-state index contributed by atoms with van der Waals surface area (Å²) in [4.78, 5) is 10.8. The highest BCUT2D eigenvalue weighted by Crippen LogP contribution is 2.32. The van der Waals surface area contributed by atoms with Crippen molar-refractivity contribution in [3.05, 3.63) is 54.1 Å². The van der Waals surface area contributed by atoms with Gasteiger partial charge in [0.1, 0.15) is 0 Å². The quantitative estimate of drug-likeness (QED) is 0.347. The van der Waals surface area contributed by atoms with Crippen LogP contribution < -0.4 is 9.47 Å². The molecule has 1 aromatic rings. The molecule has 0 aliphatic carbocycles. The van der Waals surface area contributed by atoms with Crippen molar-refractivity contribution >= 4 is 12.0 Å². The van der Waals surface area contributed by atoms with E-state index in [1.165, 1.54) is 13.2 Å². The Labute approximate surface area is 124 Å². The van der Waals surface area contributed by atoms with E-state index in [2.05, 4.69) is 16.9 Å². The molecule has 110 valence electrons. The summed E-state index contributed by atoms with van der Waals surface area (Å²) in [5.41, 5.74) is 1.09. The molecule has 4 nitrogen and oxygen atoms in total. The van der Waals surface area contributed by atoms with Gasteiger partial charge in [-0.1, -0.05) is 36.4 Å². The molecule has 0 saturated heterocycles. The molecule has 1 aliphatic rings.